The van der Waals surface area contributed by atoms with Gasteiger partial charge in [-0.15, -0.1) is 0 Å². The normalized spacial score (nSPS) is 40.3. The monoisotopic (exact) mass is 615 g/mol. The third kappa shape index (κ3) is 7.76. The van der Waals surface area contributed by atoms with Gasteiger partial charge in [-0.25, -0.2) is 4.79 Å². The molecule has 0 spiro atoms. The zero-order valence-corrected chi connectivity index (χ0v) is 21.9. The van der Waals surface area contributed by atoms with Gasteiger partial charge in [-0.05, 0) is 6.42 Å². The molecule has 3 rings (SSSR count). The zero-order chi connectivity index (χ0) is 43.8. The van der Waals surface area contributed by atoms with E-state index in [-0.39, 0.29) is 12.0 Å². The molecular formula is C27H36O15. The average molecular weight is 616 g/mol. The second-order valence-corrected chi connectivity index (χ2v) is 9.18. The molecule has 234 valence electrons. The lowest BCUT2D eigenvalue weighted by atomic mass is 9.83. The summed E-state index contributed by atoms with van der Waals surface area (Å²) in [5.41, 5.74) is -0.174. The number of fused-ring (bicyclic) bond motifs is 1. The zero-order valence-electron chi connectivity index (χ0n) is 36.9. The first kappa shape index (κ1) is 17.4. The minimum absolute atomic E-state index is 0.174. The maximum absolute atomic E-state index is 12.8. The Kier molecular flexibility index (Phi) is 5.79. The molecule has 1 aliphatic carbocycles. The van der Waals surface area contributed by atoms with Crippen molar-refractivity contribution >= 4 is 35.8 Å². The highest BCUT2D eigenvalue weighted by Crippen LogP contribution is 2.49. The second-order valence-electron chi connectivity index (χ2n) is 9.18. The van der Waals surface area contributed by atoms with Crippen LogP contribution in [-0.4, -0.2) is 92.6 Å². The van der Waals surface area contributed by atoms with Crippen LogP contribution in [0.3, 0.4) is 0 Å². The van der Waals surface area contributed by atoms with Crippen LogP contribution in [0.2, 0.25) is 0 Å². The lowest BCUT2D eigenvalue weighted by molar-refractivity contribution is -0.345. The van der Waals surface area contributed by atoms with Gasteiger partial charge in [0.2, 0.25) is 12.6 Å². The molecule has 0 aromatic heterocycles. The lowest BCUT2D eigenvalue weighted by Crippen LogP contribution is -2.63. The van der Waals surface area contributed by atoms with E-state index in [1.807, 2.05) is 0 Å². The number of ether oxygens (including phenoxy) is 9. The summed E-state index contributed by atoms with van der Waals surface area (Å²) < 4.78 is 158. The highest BCUT2D eigenvalue weighted by Gasteiger charge is 2.57. The minimum atomic E-state index is -3.66. The van der Waals surface area contributed by atoms with Crippen molar-refractivity contribution in [2.75, 3.05) is 13.7 Å². The maximum Gasteiger partial charge on any atom is 0.337 e. The molecule has 10 atom stereocenters. The van der Waals surface area contributed by atoms with Gasteiger partial charge in [0.05, 0.1) is 18.9 Å². The Morgan fingerprint density at radius 3 is 2.05 bits per heavy atom. The van der Waals surface area contributed by atoms with Crippen LogP contribution in [0.5, 0.6) is 0 Å². The van der Waals surface area contributed by atoms with Crippen LogP contribution < -0.4 is 0 Å². The summed E-state index contributed by atoms with van der Waals surface area (Å²) in [5, 5.41) is 0. The summed E-state index contributed by atoms with van der Waals surface area (Å²) in [7, 11) is 1.01. The van der Waals surface area contributed by atoms with Crippen LogP contribution in [-0.2, 0) is 71.4 Å². The van der Waals surface area contributed by atoms with Gasteiger partial charge in [-0.2, -0.15) is 0 Å². The van der Waals surface area contributed by atoms with E-state index in [0.29, 0.717) is 0 Å². The molecule has 1 saturated heterocycles. The Bertz CT molecular complexity index is 1580. The lowest BCUT2D eigenvalue weighted by Gasteiger charge is -2.46. The Labute approximate surface area is 263 Å². The largest absolute Gasteiger partial charge is 0.472 e. The molecule has 2 fully saturated rings. The number of carbonyl (C=O) groups excluding carboxylic acids is 6. The molecule has 0 bridgehead atoms. The summed E-state index contributed by atoms with van der Waals surface area (Å²) in [6.45, 7) is -17.5. The van der Waals surface area contributed by atoms with Crippen molar-refractivity contribution in [2.24, 2.45) is 17.8 Å². The van der Waals surface area contributed by atoms with Crippen molar-refractivity contribution in [3.8, 4) is 0 Å². The molecule has 3 aliphatic rings. The molecule has 0 aromatic carbocycles. The molecular weight excluding hydrogens is 564 g/mol. The number of hydrogen-bond acceptors (Lipinski definition) is 15. The molecule has 0 radical (unpaired) electrons. The fraction of sp³-hybridized carbons (Fsp3) is 0.704. The summed E-state index contributed by atoms with van der Waals surface area (Å²) in [6.07, 6.45) is -14.7. The Hall–Kier alpha value is -3.72. The smallest absolute Gasteiger partial charge is 0.337 e. The van der Waals surface area contributed by atoms with Crippen LogP contribution in [0.4, 0.5) is 0 Å². The quantitative estimate of drug-likeness (QED) is 0.260. The summed E-state index contributed by atoms with van der Waals surface area (Å²) in [4.78, 5) is 75.7. The van der Waals surface area contributed by atoms with Crippen molar-refractivity contribution in [3.63, 3.8) is 0 Å². The van der Waals surface area contributed by atoms with Crippen molar-refractivity contribution < 1.29 is 92.0 Å². The van der Waals surface area contributed by atoms with Crippen LogP contribution in [0, 0.1) is 17.8 Å². The van der Waals surface area contributed by atoms with E-state index in [2.05, 4.69) is 0 Å². The predicted octanol–water partition coefficient (Wildman–Crippen LogP) is 0.703. The molecule has 2 aliphatic heterocycles. The summed E-state index contributed by atoms with van der Waals surface area (Å²) in [5.74, 6) is -14.0. The molecule has 15 nitrogen and oxygen atoms in total. The van der Waals surface area contributed by atoms with Gasteiger partial charge in [0.15, 0.2) is 18.3 Å². The Balaban J connectivity index is 2.22. The van der Waals surface area contributed by atoms with Crippen molar-refractivity contribution in [1.29, 1.82) is 0 Å². The van der Waals surface area contributed by atoms with Crippen LogP contribution in [0.1, 0.15) is 68.2 Å². The third-order valence-corrected chi connectivity index (χ3v) is 6.83. The van der Waals surface area contributed by atoms with Crippen molar-refractivity contribution in [2.45, 2.75) is 90.7 Å². The number of hydrogen-bond donors (Lipinski definition) is 0. The van der Waals surface area contributed by atoms with E-state index >= 15 is 0 Å². The predicted molar refractivity (Wildman–Crippen MR) is 134 cm³/mol. The number of esters is 6. The van der Waals surface area contributed by atoms with Gasteiger partial charge < -0.3 is 42.6 Å². The SMILES string of the molecule is [2H]C([2H])([2H])C(=O)OC[C@H]1O[C@@H](O[C@@H]2OC=C(C(=O)OC)[C@H]3C[C@H](OC(=O)C([2H])([2H])[2H])[C@H](C)[C@@H]23)[C@H](OC(=O)C([2H])([2H])[2H])[C@@H](OC(=O)C([2H])([2H])[2H])[C@@H]1OC(=O)C([2H])([2H])[2H]. The first-order valence-corrected chi connectivity index (χ1v) is 12.0. The molecule has 2 heterocycles. The Morgan fingerprint density at radius 2 is 1.43 bits per heavy atom. The molecule has 0 amide bonds. The highest BCUT2D eigenvalue weighted by atomic mass is 16.8. The standard InChI is InChI=1S/C27H36O15/c1-11-19(37-13(3)29)8-17-18(25(33)34-7)9-36-26(21(11)17)42-27-24(40-16(6)32)23(39-15(5)31)22(38-14(4)30)20(41-27)10-35-12(2)28/h9,11,17,19-24,26-27H,8,10H2,1-7H3/t11-,17+,19-,20+,21+,22+,23-,24+,26-,27-/m0/s1/i2D3,3D3,4D3,5D3,6D3. The number of carbonyl (C=O) groups is 6. The van der Waals surface area contributed by atoms with E-state index in [9.17, 15) is 28.8 Å². The Morgan fingerprint density at radius 1 is 0.833 bits per heavy atom. The fourth-order valence-electron chi connectivity index (χ4n) is 5.24. The summed E-state index contributed by atoms with van der Waals surface area (Å²) >= 11 is 0. The number of methoxy groups -OCH3 is 1. The maximum atomic E-state index is 12.8. The first-order chi connectivity index (χ1) is 25.8. The van der Waals surface area contributed by atoms with Crippen LogP contribution >= 0.6 is 0 Å². The van der Waals surface area contributed by atoms with Gasteiger partial charge in [0, 0.05) is 72.6 Å². The van der Waals surface area contributed by atoms with Crippen molar-refractivity contribution in [3.05, 3.63) is 11.8 Å². The van der Waals surface area contributed by atoms with Crippen LogP contribution in [0.25, 0.3) is 0 Å². The van der Waals surface area contributed by atoms with Gasteiger partial charge in [-0.1, -0.05) is 6.92 Å². The van der Waals surface area contributed by atoms with E-state index in [1.165, 1.54) is 6.92 Å². The van der Waals surface area contributed by atoms with Gasteiger partial charge in [0.25, 0.3) is 0 Å². The first-order valence-electron chi connectivity index (χ1n) is 19.5. The second kappa shape index (κ2) is 14.0. The average Bonchev–Trinajstić information content (AvgIpc) is 3.38. The third-order valence-electron chi connectivity index (χ3n) is 6.83. The highest BCUT2D eigenvalue weighted by molar-refractivity contribution is 5.89. The van der Waals surface area contributed by atoms with Crippen molar-refractivity contribution in [1.82, 2.24) is 0 Å². The minimum Gasteiger partial charge on any atom is -0.472 e. The van der Waals surface area contributed by atoms with E-state index in [0.717, 1.165) is 13.4 Å². The van der Waals surface area contributed by atoms with Gasteiger partial charge in [-0.3, -0.25) is 24.0 Å². The molecule has 0 aromatic rings. The molecule has 42 heavy (non-hydrogen) atoms. The topological polar surface area (TPSA) is 185 Å². The van der Waals surface area contributed by atoms with Crippen LogP contribution in [0.15, 0.2) is 11.8 Å². The van der Waals surface area contributed by atoms with E-state index in [1.54, 1.807) is 0 Å². The molecule has 15 heteroatoms. The van der Waals surface area contributed by atoms with E-state index < -0.39 is 138 Å². The molecule has 1 saturated carbocycles. The molecule has 0 unspecified atom stereocenters. The summed E-state index contributed by atoms with van der Waals surface area (Å²) in [6, 6.07) is 0. The van der Waals surface area contributed by atoms with Gasteiger partial charge >= 0.3 is 35.8 Å². The number of rotatable bonds is 9. The van der Waals surface area contributed by atoms with E-state index in [4.69, 9.17) is 63.2 Å². The molecule has 0 N–H and O–H groups in total. The van der Waals surface area contributed by atoms with Gasteiger partial charge in [0.1, 0.15) is 18.8 Å². The fourth-order valence-corrected chi connectivity index (χ4v) is 5.24.